The second-order valence-electron chi connectivity index (χ2n) is 5.02. The van der Waals surface area contributed by atoms with Crippen molar-refractivity contribution in [2.45, 2.75) is 18.6 Å². The third kappa shape index (κ3) is 4.08. The number of nitrogens with zero attached hydrogens (tertiary/aromatic N) is 1. The summed E-state index contributed by atoms with van der Waals surface area (Å²) in [5, 5.41) is 2.84. The van der Waals surface area contributed by atoms with Crippen LogP contribution in [0.25, 0.3) is 0 Å². The van der Waals surface area contributed by atoms with Crippen molar-refractivity contribution in [3.63, 3.8) is 0 Å². The van der Waals surface area contributed by atoms with E-state index >= 15 is 0 Å². The lowest BCUT2D eigenvalue weighted by atomic mass is 9.99. The van der Waals surface area contributed by atoms with Crippen molar-refractivity contribution < 1.29 is 17.6 Å². The van der Waals surface area contributed by atoms with Gasteiger partial charge in [-0.2, -0.15) is 13.2 Å². The summed E-state index contributed by atoms with van der Waals surface area (Å²) in [6.07, 6.45) is -4.32. The van der Waals surface area contributed by atoms with E-state index in [-0.39, 0.29) is 17.5 Å². The number of alkyl halides is 4. The molecule has 0 amide bonds. The summed E-state index contributed by atoms with van der Waals surface area (Å²) in [6.45, 7) is 2.31. The van der Waals surface area contributed by atoms with Crippen LogP contribution >= 0.6 is 11.6 Å². The molecule has 0 saturated carbocycles. The van der Waals surface area contributed by atoms with Crippen molar-refractivity contribution in [3.8, 4) is 0 Å². The maximum absolute atomic E-state index is 12.9. The molecular weight excluding hydrogens is 308 g/mol. The average Bonchev–Trinajstić information content (AvgIpc) is 2.45. The van der Waals surface area contributed by atoms with Gasteiger partial charge < -0.3 is 5.32 Å². The first-order valence-corrected chi connectivity index (χ1v) is 7.18. The third-order valence-electron chi connectivity index (χ3n) is 3.66. The minimum atomic E-state index is -4.50. The third-order valence-corrected chi connectivity index (χ3v) is 3.99. The van der Waals surface area contributed by atoms with Crippen LogP contribution in [-0.2, 0) is 6.18 Å². The van der Waals surface area contributed by atoms with Crippen LogP contribution in [0.5, 0.6) is 0 Å². The van der Waals surface area contributed by atoms with Crippen LogP contribution in [0, 0.1) is 0 Å². The fraction of sp³-hybridized carbons (Fsp3) is 0.571. The second kappa shape index (κ2) is 6.94. The van der Waals surface area contributed by atoms with Crippen molar-refractivity contribution in [1.82, 2.24) is 10.2 Å². The molecular formula is C14H17ClF4N2. The van der Waals surface area contributed by atoms with E-state index in [4.69, 9.17) is 11.6 Å². The zero-order chi connectivity index (χ0) is 15.5. The van der Waals surface area contributed by atoms with Gasteiger partial charge in [0.15, 0.2) is 0 Å². The molecule has 21 heavy (non-hydrogen) atoms. The van der Waals surface area contributed by atoms with E-state index in [0.29, 0.717) is 18.7 Å². The quantitative estimate of drug-likeness (QED) is 0.850. The molecule has 2 rings (SSSR count). The van der Waals surface area contributed by atoms with Crippen LogP contribution in [0.4, 0.5) is 17.6 Å². The number of nitrogens with one attached hydrogen (secondary N) is 1. The van der Waals surface area contributed by atoms with Crippen LogP contribution in [-0.4, -0.2) is 37.8 Å². The Morgan fingerprint density at radius 3 is 2.48 bits per heavy atom. The van der Waals surface area contributed by atoms with Gasteiger partial charge in [0.25, 0.3) is 0 Å². The van der Waals surface area contributed by atoms with Crippen LogP contribution < -0.4 is 5.32 Å². The van der Waals surface area contributed by atoms with Gasteiger partial charge in [-0.15, -0.1) is 0 Å². The fourth-order valence-corrected chi connectivity index (χ4v) is 2.85. The van der Waals surface area contributed by atoms with Gasteiger partial charge in [-0.05, 0) is 24.1 Å². The van der Waals surface area contributed by atoms with Crippen LogP contribution in [0.2, 0.25) is 5.02 Å². The Labute approximate surface area is 126 Å². The maximum atomic E-state index is 12.9. The lowest BCUT2D eigenvalue weighted by Gasteiger charge is -2.35. The molecule has 1 saturated heterocycles. The monoisotopic (exact) mass is 324 g/mol. The molecule has 0 bridgehead atoms. The Hall–Kier alpha value is -0.850. The first-order chi connectivity index (χ1) is 9.93. The van der Waals surface area contributed by atoms with Gasteiger partial charge in [-0.3, -0.25) is 9.29 Å². The summed E-state index contributed by atoms with van der Waals surface area (Å²) in [5.41, 5.74) is -0.396. The molecule has 1 aromatic carbocycles. The molecule has 0 aliphatic carbocycles. The Morgan fingerprint density at radius 1 is 1.24 bits per heavy atom. The normalized spacial score (nSPS) is 18.7. The Kier molecular flexibility index (Phi) is 5.46. The highest BCUT2D eigenvalue weighted by Crippen LogP contribution is 2.37. The topological polar surface area (TPSA) is 15.3 Å². The minimum absolute atomic E-state index is 0.179. The van der Waals surface area contributed by atoms with Gasteiger partial charge in [-0.1, -0.05) is 17.7 Å². The zero-order valence-corrected chi connectivity index (χ0v) is 12.1. The summed E-state index contributed by atoms with van der Waals surface area (Å²) >= 11 is 5.63. The SMILES string of the molecule is FCC[C@H](c1ccc(Cl)c(C(F)(F)F)c1)N1CCNCC1. The number of hydrogen-bond acceptors (Lipinski definition) is 2. The summed E-state index contributed by atoms with van der Waals surface area (Å²) in [5.74, 6) is 0. The van der Waals surface area contributed by atoms with Crippen molar-refractivity contribution in [2.75, 3.05) is 32.9 Å². The molecule has 7 heteroatoms. The van der Waals surface area contributed by atoms with E-state index in [2.05, 4.69) is 5.32 Å². The number of benzene rings is 1. The molecule has 1 N–H and O–H groups in total. The molecule has 0 spiro atoms. The number of halogens is 5. The largest absolute Gasteiger partial charge is 0.417 e. The summed E-state index contributed by atoms with van der Waals surface area (Å²) in [6, 6.07) is 3.49. The van der Waals surface area contributed by atoms with Crippen molar-refractivity contribution in [2.24, 2.45) is 0 Å². The van der Waals surface area contributed by atoms with E-state index in [1.165, 1.54) is 6.07 Å². The zero-order valence-electron chi connectivity index (χ0n) is 11.4. The van der Waals surface area contributed by atoms with Gasteiger partial charge in [0.1, 0.15) is 0 Å². The first-order valence-electron chi connectivity index (χ1n) is 6.81. The Morgan fingerprint density at radius 2 is 1.90 bits per heavy atom. The highest BCUT2D eigenvalue weighted by atomic mass is 35.5. The average molecular weight is 325 g/mol. The van der Waals surface area contributed by atoms with Crippen LogP contribution in [0.3, 0.4) is 0 Å². The maximum Gasteiger partial charge on any atom is 0.417 e. The smallest absolute Gasteiger partial charge is 0.314 e. The van der Waals surface area contributed by atoms with Gasteiger partial charge in [0, 0.05) is 32.2 Å². The van der Waals surface area contributed by atoms with E-state index in [0.717, 1.165) is 19.2 Å². The molecule has 1 aliphatic rings. The summed E-state index contributed by atoms with van der Waals surface area (Å²) < 4.78 is 51.6. The number of piperazine rings is 1. The van der Waals surface area contributed by atoms with E-state index in [1.807, 2.05) is 4.90 Å². The van der Waals surface area contributed by atoms with E-state index in [1.54, 1.807) is 6.07 Å². The summed E-state index contributed by atoms with van der Waals surface area (Å²) in [4.78, 5) is 2.01. The lowest BCUT2D eigenvalue weighted by molar-refractivity contribution is -0.137. The molecule has 1 atom stereocenters. The highest BCUT2D eigenvalue weighted by molar-refractivity contribution is 6.31. The predicted molar refractivity (Wildman–Crippen MR) is 74.2 cm³/mol. The standard InChI is InChI=1S/C14H17ClF4N2/c15-12-2-1-10(9-11(12)14(17,18)19)13(3-4-16)21-7-5-20-6-8-21/h1-2,9,13,20H,3-8H2/t13-/m1/s1. The van der Waals surface area contributed by atoms with Gasteiger partial charge in [0.2, 0.25) is 0 Å². The number of hydrogen-bond donors (Lipinski definition) is 1. The highest BCUT2D eigenvalue weighted by Gasteiger charge is 2.34. The molecule has 1 aromatic rings. The second-order valence-corrected chi connectivity index (χ2v) is 5.42. The molecule has 1 fully saturated rings. The molecule has 2 nitrogen and oxygen atoms in total. The molecule has 1 aliphatic heterocycles. The Balaban J connectivity index is 2.31. The van der Waals surface area contributed by atoms with Crippen molar-refractivity contribution in [1.29, 1.82) is 0 Å². The molecule has 118 valence electrons. The van der Waals surface area contributed by atoms with Gasteiger partial charge in [-0.25, -0.2) is 0 Å². The molecule has 1 heterocycles. The molecule has 0 unspecified atom stereocenters. The van der Waals surface area contributed by atoms with E-state index in [9.17, 15) is 17.6 Å². The van der Waals surface area contributed by atoms with Gasteiger partial charge in [0.05, 0.1) is 17.3 Å². The van der Waals surface area contributed by atoms with Crippen molar-refractivity contribution >= 4 is 11.6 Å². The van der Waals surface area contributed by atoms with Crippen molar-refractivity contribution in [3.05, 3.63) is 34.3 Å². The van der Waals surface area contributed by atoms with Crippen LogP contribution in [0.15, 0.2) is 18.2 Å². The minimum Gasteiger partial charge on any atom is -0.314 e. The Bertz CT molecular complexity index is 473. The molecule has 0 aromatic heterocycles. The number of rotatable bonds is 4. The molecule has 0 radical (unpaired) electrons. The summed E-state index contributed by atoms with van der Waals surface area (Å²) in [7, 11) is 0. The van der Waals surface area contributed by atoms with Crippen LogP contribution in [0.1, 0.15) is 23.6 Å². The lowest BCUT2D eigenvalue weighted by Crippen LogP contribution is -2.45. The first kappa shape index (κ1) is 16.5. The van der Waals surface area contributed by atoms with Gasteiger partial charge >= 0.3 is 6.18 Å². The fourth-order valence-electron chi connectivity index (χ4n) is 2.62. The predicted octanol–water partition coefficient (Wildman–Crippen LogP) is 3.66. The van der Waals surface area contributed by atoms with E-state index < -0.39 is 18.4 Å².